The molecule has 40 heavy (non-hydrogen) atoms. The minimum Gasteiger partial charge on any atom is -0.460 e. The van der Waals surface area contributed by atoms with E-state index in [1.807, 2.05) is 42.5 Å². The van der Waals surface area contributed by atoms with Crippen LogP contribution in [0.15, 0.2) is 76.0 Å². The molecule has 4 rings (SSSR count). The zero-order chi connectivity index (χ0) is 28.7. The lowest BCUT2D eigenvalue weighted by Gasteiger charge is -2.26. The molecule has 0 saturated carbocycles. The third-order valence-electron chi connectivity index (χ3n) is 6.86. The van der Waals surface area contributed by atoms with Crippen molar-refractivity contribution in [3.63, 3.8) is 0 Å². The highest BCUT2D eigenvalue weighted by molar-refractivity contribution is 7.57. The Balaban J connectivity index is 1.54. The van der Waals surface area contributed by atoms with Gasteiger partial charge in [-0.2, -0.15) is 0 Å². The van der Waals surface area contributed by atoms with Crippen molar-refractivity contribution in [1.82, 2.24) is 14.6 Å². The number of allylic oxidation sites excluding steroid dienone is 2. The first kappa shape index (κ1) is 29.3. The van der Waals surface area contributed by atoms with E-state index in [-0.39, 0.29) is 19.3 Å². The summed E-state index contributed by atoms with van der Waals surface area (Å²) in [5, 5.41) is 2.93. The van der Waals surface area contributed by atoms with Crippen LogP contribution in [0.1, 0.15) is 48.9 Å². The van der Waals surface area contributed by atoms with E-state index < -0.39 is 30.8 Å². The number of aromatic amines is 1. The third kappa shape index (κ3) is 7.71. The number of ether oxygens (including phenoxy) is 1. The van der Waals surface area contributed by atoms with Crippen LogP contribution in [0.2, 0.25) is 0 Å². The second-order valence-corrected chi connectivity index (χ2v) is 12.4. The molecule has 10 heteroatoms. The monoisotopic (exact) mass is 565 g/mol. The predicted molar refractivity (Wildman–Crippen MR) is 155 cm³/mol. The highest BCUT2D eigenvalue weighted by atomic mass is 31.2. The number of hydrogen-bond donors (Lipinski definition) is 2. The summed E-state index contributed by atoms with van der Waals surface area (Å²) in [6.07, 6.45) is 7.12. The maximum atomic E-state index is 14.3. The molecule has 1 heterocycles. The number of carbonyl (C=O) groups excluding carboxylic acids is 1. The quantitative estimate of drug-likeness (QED) is 0.197. The van der Waals surface area contributed by atoms with Gasteiger partial charge in [-0.25, -0.2) is 9.88 Å². The van der Waals surface area contributed by atoms with Gasteiger partial charge in [-0.15, -0.1) is 0 Å². The zero-order valence-corrected chi connectivity index (χ0v) is 24.0. The molecule has 2 atom stereocenters. The molecular weight excluding hydrogens is 529 g/mol. The molecule has 1 aliphatic rings. The Bertz CT molecular complexity index is 1540. The van der Waals surface area contributed by atoms with Crippen molar-refractivity contribution >= 4 is 13.5 Å². The SMILES string of the molecule is C/C(=C/CP(=O)(N[C@@H](C)C(=O)OCc1ccccc1)Oc1cccc2c1CCCC2)Cn1cc(C)c(=O)[nH]c1=O. The number of esters is 1. The summed E-state index contributed by atoms with van der Waals surface area (Å²) in [7, 11) is -3.65. The summed E-state index contributed by atoms with van der Waals surface area (Å²) >= 11 is 0. The number of nitrogens with zero attached hydrogens (tertiary/aromatic N) is 1. The molecule has 2 N–H and O–H groups in total. The van der Waals surface area contributed by atoms with Gasteiger partial charge < -0.3 is 9.26 Å². The van der Waals surface area contributed by atoms with Gasteiger partial charge in [0, 0.05) is 18.3 Å². The van der Waals surface area contributed by atoms with Gasteiger partial charge in [0.2, 0.25) is 0 Å². The van der Waals surface area contributed by atoms with Gasteiger partial charge >= 0.3 is 19.2 Å². The van der Waals surface area contributed by atoms with E-state index in [1.165, 1.54) is 16.3 Å². The first-order valence-corrected chi connectivity index (χ1v) is 15.3. The second kappa shape index (κ2) is 13.1. The molecule has 3 aromatic rings. The Morgan fingerprint density at radius 1 is 1.12 bits per heavy atom. The topological polar surface area (TPSA) is 119 Å². The average Bonchev–Trinajstić information content (AvgIpc) is 2.94. The molecule has 0 spiro atoms. The van der Waals surface area contributed by atoms with Crippen LogP contribution in [0.25, 0.3) is 0 Å². The highest BCUT2D eigenvalue weighted by Gasteiger charge is 2.31. The number of carbonyl (C=O) groups is 1. The predicted octanol–water partition coefficient (Wildman–Crippen LogP) is 4.66. The summed E-state index contributed by atoms with van der Waals surface area (Å²) in [6.45, 7) is 5.34. The van der Waals surface area contributed by atoms with Crippen molar-refractivity contribution in [3.8, 4) is 5.75 Å². The molecule has 0 bridgehead atoms. The second-order valence-electron chi connectivity index (χ2n) is 10.2. The van der Waals surface area contributed by atoms with Crippen LogP contribution in [0.3, 0.4) is 0 Å². The summed E-state index contributed by atoms with van der Waals surface area (Å²) in [5.41, 5.74) is 3.30. The van der Waals surface area contributed by atoms with Gasteiger partial charge in [0.1, 0.15) is 18.4 Å². The Morgan fingerprint density at radius 2 is 1.88 bits per heavy atom. The van der Waals surface area contributed by atoms with Crippen molar-refractivity contribution in [3.05, 3.63) is 109 Å². The standard InChI is InChI=1S/C30H36N3O6P/c1-21(18-33-19-22(2)28(34)31-30(33)36)16-17-40(37,39-27-15-9-13-25-12-7-8-14-26(25)27)32-23(3)29(35)38-20-24-10-5-4-6-11-24/h4-6,9-11,13,15-16,19,23H,7-8,12,14,17-18,20H2,1-3H3,(H,32,37)(H,31,34,36)/b21-16-/t23-,40?/m0/s1. The van der Waals surface area contributed by atoms with Crippen LogP contribution in [-0.2, 0) is 40.1 Å². The Kier molecular flexibility index (Phi) is 9.61. The molecule has 2 aromatic carbocycles. The molecule has 0 saturated heterocycles. The highest BCUT2D eigenvalue weighted by Crippen LogP contribution is 2.46. The van der Waals surface area contributed by atoms with Crippen LogP contribution < -0.4 is 20.9 Å². The zero-order valence-electron chi connectivity index (χ0n) is 23.1. The van der Waals surface area contributed by atoms with Crippen LogP contribution >= 0.6 is 7.52 Å². The fraction of sp³-hybridized carbons (Fsp3) is 0.367. The van der Waals surface area contributed by atoms with Crippen molar-refractivity contribution in [2.24, 2.45) is 0 Å². The number of hydrogen-bond acceptors (Lipinski definition) is 6. The van der Waals surface area contributed by atoms with Crippen molar-refractivity contribution in [2.45, 2.75) is 65.6 Å². The van der Waals surface area contributed by atoms with Gasteiger partial charge in [0.25, 0.3) is 5.56 Å². The van der Waals surface area contributed by atoms with Crippen LogP contribution in [0, 0.1) is 6.92 Å². The molecule has 0 fully saturated rings. The molecule has 0 amide bonds. The summed E-state index contributed by atoms with van der Waals surface area (Å²) in [6, 6.07) is 14.2. The number of nitrogens with one attached hydrogen (secondary N) is 2. The van der Waals surface area contributed by atoms with Gasteiger partial charge in [-0.3, -0.25) is 23.7 Å². The number of benzene rings is 2. The van der Waals surface area contributed by atoms with Crippen molar-refractivity contribution in [1.29, 1.82) is 0 Å². The van der Waals surface area contributed by atoms with Crippen LogP contribution in [0.4, 0.5) is 0 Å². The average molecular weight is 566 g/mol. The Morgan fingerprint density at radius 3 is 2.65 bits per heavy atom. The molecule has 0 aliphatic heterocycles. The maximum Gasteiger partial charge on any atom is 0.328 e. The molecule has 9 nitrogen and oxygen atoms in total. The largest absolute Gasteiger partial charge is 0.460 e. The van der Waals surface area contributed by atoms with E-state index in [0.29, 0.717) is 11.3 Å². The fourth-order valence-electron chi connectivity index (χ4n) is 4.65. The molecule has 1 aliphatic carbocycles. The smallest absolute Gasteiger partial charge is 0.328 e. The fourth-order valence-corrected chi connectivity index (χ4v) is 6.62. The van der Waals surface area contributed by atoms with Crippen LogP contribution in [0.5, 0.6) is 5.75 Å². The van der Waals surface area contributed by atoms with E-state index in [4.69, 9.17) is 9.26 Å². The van der Waals surface area contributed by atoms with E-state index in [0.717, 1.165) is 42.4 Å². The number of rotatable bonds is 11. The molecule has 0 radical (unpaired) electrons. The molecule has 212 valence electrons. The van der Waals surface area contributed by atoms with Crippen LogP contribution in [-0.4, -0.2) is 27.7 Å². The maximum absolute atomic E-state index is 14.3. The van der Waals surface area contributed by atoms with Crippen molar-refractivity contribution in [2.75, 3.05) is 6.16 Å². The third-order valence-corrected chi connectivity index (χ3v) is 8.79. The van der Waals surface area contributed by atoms with E-state index in [2.05, 4.69) is 16.1 Å². The number of H-pyrrole nitrogens is 1. The van der Waals surface area contributed by atoms with Gasteiger partial charge in [-0.05, 0) is 69.2 Å². The van der Waals surface area contributed by atoms with Gasteiger partial charge in [-0.1, -0.05) is 54.1 Å². The van der Waals surface area contributed by atoms with Crippen molar-refractivity contribution < 1.29 is 18.6 Å². The lowest BCUT2D eigenvalue weighted by Crippen LogP contribution is -2.35. The number of aryl methyl sites for hydroxylation is 2. The summed E-state index contributed by atoms with van der Waals surface area (Å²) < 4.78 is 27.3. The summed E-state index contributed by atoms with van der Waals surface area (Å²) in [5.74, 6) is 0.00940. The molecule has 1 aromatic heterocycles. The number of fused-ring (bicyclic) bond motifs is 1. The van der Waals surface area contributed by atoms with Gasteiger partial charge in [0.05, 0.1) is 6.16 Å². The first-order chi connectivity index (χ1) is 19.1. The van der Waals surface area contributed by atoms with E-state index in [9.17, 15) is 18.9 Å². The lowest BCUT2D eigenvalue weighted by molar-refractivity contribution is -0.146. The lowest BCUT2D eigenvalue weighted by atomic mass is 9.91. The molecular formula is C30H36N3O6P. The minimum atomic E-state index is -3.65. The Hall–Kier alpha value is -3.68. The molecule has 1 unspecified atom stereocenters. The number of aromatic nitrogens is 2. The van der Waals surface area contributed by atoms with E-state index >= 15 is 0 Å². The first-order valence-electron chi connectivity index (χ1n) is 13.5. The van der Waals surface area contributed by atoms with Gasteiger partial charge in [0.15, 0.2) is 0 Å². The summed E-state index contributed by atoms with van der Waals surface area (Å²) in [4.78, 5) is 39.0. The normalized spacial score (nSPS) is 15.5. The van der Waals surface area contributed by atoms with E-state index in [1.54, 1.807) is 26.8 Å². The minimum absolute atomic E-state index is 0.0180. The Labute approximate surface area is 233 Å².